The largest absolute Gasteiger partial charge is 0.475 e. The van der Waals surface area contributed by atoms with Crippen molar-refractivity contribution in [3.63, 3.8) is 0 Å². The smallest absolute Gasteiger partial charge is 0.453 e. The summed E-state index contributed by atoms with van der Waals surface area (Å²) in [5.41, 5.74) is 1.63. The van der Waals surface area contributed by atoms with Gasteiger partial charge in [0.05, 0.1) is 6.10 Å². The summed E-state index contributed by atoms with van der Waals surface area (Å²) in [7, 11) is 0. The van der Waals surface area contributed by atoms with Crippen molar-refractivity contribution in [2.75, 3.05) is 6.54 Å². The predicted octanol–water partition coefficient (Wildman–Crippen LogP) is 2.73. The number of hydrogen-bond acceptors (Lipinski definition) is 6. The van der Waals surface area contributed by atoms with Crippen LogP contribution in [0.1, 0.15) is 24.2 Å². The molecule has 4 N–H and O–H groups in total. The number of carboxylic acids is 2. The van der Waals surface area contributed by atoms with Crippen LogP contribution in [-0.4, -0.2) is 45.6 Å². The van der Waals surface area contributed by atoms with Gasteiger partial charge in [-0.3, -0.25) is 0 Å². The van der Waals surface area contributed by atoms with E-state index in [2.05, 4.69) is 5.32 Å². The average molecular weight is 437 g/mol. The van der Waals surface area contributed by atoms with Gasteiger partial charge in [-0.25, -0.2) is 9.59 Å². The number of carbonyl (C=O) groups is 2. The fraction of sp³-hybridized carbons (Fsp3) is 0.250. The van der Waals surface area contributed by atoms with Crippen LogP contribution in [-0.2, 0) is 16.0 Å². The van der Waals surface area contributed by atoms with Crippen LogP contribution >= 0.6 is 0 Å². The van der Waals surface area contributed by atoms with Crippen molar-refractivity contribution in [2.45, 2.75) is 31.3 Å². The molecule has 166 valence electrons. The first kappa shape index (κ1) is 21.6. The molecule has 3 aromatic carbocycles. The molecule has 1 aliphatic rings. The van der Waals surface area contributed by atoms with E-state index >= 15 is 0 Å². The van der Waals surface area contributed by atoms with E-state index < -0.39 is 23.8 Å². The zero-order valence-corrected chi connectivity index (χ0v) is 17.3. The summed E-state index contributed by atoms with van der Waals surface area (Å²) >= 11 is 0. The number of rotatable bonds is 8. The van der Waals surface area contributed by atoms with E-state index in [1.54, 1.807) is 12.1 Å². The molecule has 0 bridgehead atoms. The van der Waals surface area contributed by atoms with Gasteiger partial charge in [0.1, 0.15) is 0 Å². The number of aliphatic hydroxyl groups excluding tert-OH is 1. The number of aliphatic carboxylic acids is 2. The Morgan fingerprint density at radius 3 is 2.34 bits per heavy atom. The molecule has 8 nitrogen and oxygen atoms in total. The Hall–Kier alpha value is -3.62. The molecular weight excluding hydrogens is 414 g/mol. The number of hydrogen-bond donors (Lipinski definition) is 4. The number of carboxylic acid groups (broad SMARTS) is 2. The van der Waals surface area contributed by atoms with Gasteiger partial charge in [-0.15, -0.1) is 0 Å². The van der Waals surface area contributed by atoms with Crippen LogP contribution in [0.15, 0.2) is 60.7 Å². The third-order valence-electron chi connectivity index (χ3n) is 5.44. The van der Waals surface area contributed by atoms with Crippen molar-refractivity contribution in [3.8, 4) is 11.5 Å². The number of ether oxygens (including phenoxy) is 2. The minimum Gasteiger partial charge on any atom is -0.475 e. The lowest BCUT2D eigenvalue weighted by Crippen LogP contribution is -2.54. The van der Waals surface area contributed by atoms with Crippen molar-refractivity contribution < 1.29 is 34.4 Å². The Kier molecular flexibility index (Phi) is 5.73. The third-order valence-corrected chi connectivity index (χ3v) is 5.44. The lowest BCUT2D eigenvalue weighted by atomic mass is 10.0. The summed E-state index contributed by atoms with van der Waals surface area (Å²) in [6, 6.07) is 18.6. The van der Waals surface area contributed by atoms with Gasteiger partial charge < -0.3 is 30.1 Å². The van der Waals surface area contributed by atoms with Gasteiger partial charge in [0.15, 0.2) is 11.5 Å². The maximum Gasteiger partial charge on any atom is 0.453 e. The molecule has 0 unspecified atom stereocenters. The zero-order valence-electron chi connectivity index (χ0n) is 17.3. The van der Waals surface area contributed by atoms with Crippen LogP contribution in [0.4, 0.5) is 0 Å². The van der Waals surface area contributed by atoms with Crippen LogP contribution in [0.25, 0.3) is 10.8 Å². The first-order chi connectivity index (χ1) is 15.3. The van der Waals surface area contributed by atoms with Gasteiger partial charge in [0.25, 0.3) is 0 Å². The molecule has 0 saturated carbocycles. The van der Waals surface area contributed by atoms with Crippen molar-refractivity contribution >= 4 is 22.7 Å². The Balaban J connectivity index is 1.37. The summed E-state index contributed by atoms with van der Waals surface area (Å²) < 4.78 is 10.2. The van der Waals surface area contributed by atoms with Crippen molar-refractivity contribution in [3.05, 3.63) is 71.8 Å². The fourth-order valence-corrected chi connectivity index (χ4v) is 3.71. The van der Waals surface area contributed by atoms with Gasteiger partial charge in [-0.05, 0) is 53.4 Å². The molecule has 32 heavy (non-hydrogen) atoms. The number of nitrogens with one attached hydrogen (secondary N) is 1. The topological polar surface area (TPSA) is 125 Å². The molecule has 3 aromatic rings. The van der Waals surface area contributed by atoms with Gasteiger partial charge >= 0.3 is 17.7 Å². The van der Waals surface area contributed by atoms with E-state index in [9.17, 15) is 24.9 Å². The van der Waals surface area contributed by atoms with Crippen LogP contribution in [0.3, 0.4) is 0 Å². The zero-order chi connectivity index (χ0) is 22.9. The standard InChI is InChI=1S/C24H23NO7/c1-14(25-13-19(26)18-8-7-16-4-2-3-5-17(16)12-18)10-15-6-9-20-21(11-15)32-24(31-20,22(27)28)23(29)30/h2-9,11-12,14,19,25-26H,10,13H2,1H3,(H,27,28)(H,29,30)/t14-,19-/m1/s1. The van der Waals surface area contributed by atoms with Crippen molar-refractivity contribution in [2.24, 2.45) is 0 Å². The third kappa shape index (κ3) is 4.10. The van der Waals surface area contributed by atoms with E-state index in [1.807, 2.05) is 49.4 Å². The molecule has 1 aliphatic heterocycles. The van der Waals surface area contributed by atoms with Gasteiger partial charge in [-0.1, -0.05) is 42.5 Å². The second-order valence-corrected chi connectivity index (χ2v) is 7.85. The maximum atomic E-state index is 11.4. The summed E-state index contributed by atoms with van der Waals surface area (Å²) in [6.45, 7) is 2.31. The molecule has 0 amide bonds. The summed E-state index contributed by atoms with van der Waals surface area (Å²) in [6.07, 6.45) is -0.126. The second-order valence-electron chi connectivity index (χ2n) is 7.85. The Bertz CT molecular complexity index is 1160. The fourth-order valence-electron chi connectivity index (χ4n) is 3.71. The molecular formula is C24H23NO7. The monoisotopic (exact) mass is 437 g/mol. The number of fused-ring (bicyclic) bond motifs is 2. The Morgan fingerprint density at radius 2 is 1.62 bits per heavy atom. The van der Waals surface area contributed by atoms with Crippen molar-refractivity contribution in [1.29, 1.82) is 0 Å². The predicted molar refractivity (Wildman–Crippen MR) is 116 cm³/mol. The normalized spacial score (nSPS) is 15.9. The molecule has 0 spiro atoms. The average Bonchev–Trinajstić information content (AvgIpc) is 3.18. The molecule has 0 radical (unpaired) electrons. The first-order valence-electron chi connectivity index (χ1n) is 10.2. The quantitative estimate of drug-likeness (QED) is 0.397. The summed E-state index contributed by atoms with van der Waals surface area (Å²) in [5, 5.41) is 34.5. The second kappa shape index (κ2) is 8.49. The van der Waals surface area contributed by atoms with E-state index in [-0.39, 0.29) is 17.5 Å². The Labute approximate surface area is 184 Å². The van der Waals surface area contributed by atoms with Gasteiger partial charge in [0.2, 0.25) is 0 Å². The lowest BCUT2D eigenvalue weighted by Gasteiger charge is -2.18. The molecule has 0 aromatic heterocycles. The number of aliphatic hydroxyl groups is 1. The van der Waals surface area contributed by atoms with E-state index in [4.69, 9.17) is 9.47 Å². The SMILES string of the molecule is C[C@H](Cc1ccc2c(c1)OC(C(=O)O)(C(=O)O)O2)NC[C@@H](O)c1ccc2ccccc2c1. The minimum absolute atomic E-state index is 0.0193. The van der Waals surface area contributed by atoms with Crippen LogP contribution < -0.4 is 14.8 Å². The molecule has 8 heteroatoms. The molecule has 1 heterocycles. The van der Waals surface area contributed by atoms with Gasteiger partial charge in [0, 0.05) is 12.6 Å². The Morgan fingerprint density at radius 1 is 0.938 bits per heavy atom. The van der Waals surface area contributed by atoms with Gasteiger partial charge in [-0.2, -0.15) is 0 Å². The highest BCUT2D eigenvalue weighted by molar-refractivity contribution is 6.01. The highest BCUT2D eigenvalue weighted by Crippen LogP contribution is 2.40. The van der Waals surface area contributed by atoms with E-state index in [0.29, 0.717) is 13.0 Å². The molecule has 4 rings (SSSR count). The highest BCUT2D eigenvalue weighted by Gasteiger charge is 2.57. The van der Waals surface area contributed by atoms with E-state index in [0.717, 1.165) is 21.9 Å². The molecule has 0 fully saturated rings. The van der Waals surface area contributed by atoms with Crippen LogP contribution in [0.5, 0.6) is 11.5 Å². The molecule has 2 atom stereocenters. The van der Waals surface area contributed by atoms with Crippen LogP contribution in [0.2, 0.25) is 0 Å². The van der Waals surface area contributed by atoms with Crippen molar-refractivity contribution in [1.82, 2.24) is 5.32 Å². The van der Waals surface area contributed by atoms with Crippen LogP contribution in [0, 0.1) is 0 Å². The summed E-state index contributed by atoms with van der Waals surface area (Å²) in [5.74, 6) is -6.11. The number of benzene rings is 3. The molecule has 0 aliphatic carbocycles. The summed E-state index contributed by atoms with van der Waals surface area (Å²) in [4.78, 5) is 22.7. The molecule has 0 saturated heterocycles. The minimum atomic E-state index is -2.77. The lowest BCUT2D eigenvalue weighted by molar-refractivity contribution is -0.194. The maximum absolute atomic E-state index is 11.4. The first-order valence-corrected chi connectivity index (χ1v) is 10.2. The highest BCUT2D eigenvalue weighted by atomic mass is 16.8. The van der Waals surface area contributed by atoms with E-state index in [1.165, 1.54) is 6.07 Å².